The minimum atomic E-state index is -0.208. The van der Waals surface area contributed by atoms with Crippen molar-refractivity contribution in [3.8, 4) is 0 Å². The van der Waals surface area contributed by atoms with E-state index in [1.165, 1.54) is 4.90 Å². The molecule has 0 aromatic carbocycles. The molecule has 0 atom stereocenters. The average molecular weight is 179 g/mol. The second kappa shape index (κ2) is 2.42. The molecule has 68 valence electrons. The van der Waals surface area contributed by atoms with Gasteiger partial charge in [-0.3, -0.25) is 14.5 Å². The number of carbonyl (C=O) groups excluding carboxylic acids is 1. The zero-order valence-corrected chi connectivity index (χ0v) is 7.42. The second-order valence-electron chi connectivity index (χ2n) is 3.08. The number of rotatable bonds is 0. The van der Waals surface area contributed by atoms with E-state index in [0.717, 1.165) is 0 Å². The highest BCUT2D eigenvalue weighted by molar-refractivity contribution is 5.99. The number of carbonyl (C=O) groups is 1. The van der Waals surface area contributed by atoms with Crippen molar-refractivity contribution in [3.05, 3.63) is 21.7 Å². The summed E-state index contributed by atoms with van der Waals surface area (Å²) in [7, 11) is 1.63. The Hall–Kier alpha value is -1.65. The largest absolute Gasteiger partial charge is 0.310 e. The van der Waals surface area contributed by atoms with Crippen molar-refractivity contribution in [3.63, 3.8) is 0 Å². The number of likely N-dealkylation sites (N-methyl/N-ethyl adjacent to an activating group) is 1. The highest BCUT2D eigenvalue weighted by atomic mass is 16.2. The maximum atomic E-state index is 11.3. The quantitative estimate of drug-likeness (QED) is 0.589. The van der Waals surface area contributed by atoms with Crippen molar-refractivity contribution in [2.24, 2.45) is 0 Å². The van der Waals surface area contributed by atoms with E-state index < -0.39 is 0 Å². The third-order valence-corrected chi connectivity index (χ3v) is 2.13. The van der Waals surface area contributed by atoms with Crippen LogP contribution in [-0.2, 0) is 11.2 Å². The number of nitrogens with one attached hydrogen (secondary N) is 1. The molecule has 0 aliphatic carbocycles. The van der Waals surface area contributed by atoms with Crippen LogP contribution in [0.2, 0.25) is 0 Å². The maximum Gasteiger partial charge on any atom is 0.256 e. The van der Waals surface area contributed by atoms with E-state index in [0.29, 0.717) is 17.2 Å². The molecule has 0 saturated carbocycles. The third-order valence-electron chi connectivity index (χ3n) is 2.13. The number of nitrogens with zero attached hydrogens (tertiary/aromatic N) is 2. The van der Waals surface area contributed by atoms with Gasteiger partial charge in [-0.1, -0.05) is 0 Å². The summed E-state index contributed by atoms with van der Waals surface area (Å²) in [6.45, 7) is 1.69. The molecule has 2 rings (SSSR count). The molecular weight excluding hydrogens is 170 g/mol. The maximum absolute atomic E-state index is 11.3. The van der Waals surface area contributed by atoms with E-state index in [9.17, 15) is 9.59 Å². The molecule has 5 nitrogen and oxygen atoms in total. The topological polar surface area (TPSA) is 66.1 Å². The molecule has 0 fully saturated rings. The Morgan fingerprint density at radius 1 is 1.46 bits per heavy atom. The first-order valence-corrected chi connectivity index (χ1v) is 3.96. The number of hydrogen-bond acceptors (Lipinski definition) is 3. The minimum Gasteiger partial charge on any atom is -0.310 e. The van der Waals surface area contributed by atoms with E-state index in [1.807, 2.05) is 0 Å². The molecule has 1 aliphatic heterocycles. The summed E-state index contributed by atoms with van der Waals surface area (Å²) in [5.74, 6) is 0.940. The van der Waals surface area contributed by atoms with Crippen LogP contribution >= 0.6 is 0 Å². The van der Waals surface area contributed by atoms with Gasteiger partial charge < -0.3 is 4.98 Å². The van der Waals surface area contributed by atoms with Crippen molar-refractivity contribution in [2.45, 2.75) is 13.3 Å². The number of hydrogen-bond donors (Lipinski definition) is 1. The Morgan fingerprint density at radius 2 is 2.15 bits per heavy atom. The van der Waals surface area contributed by atoms with Crippen molar-refractivity contribution >= 4 is 11.7 Å². The van der Waals surface area contributed by atoms with E-state index in [1.54, 1.807) is 14.0 Å². The predicted molar refractivity (Wildman–Crippen MR) is 46.7 cm³/mol. The fourth-order valence-electron chi connectivity index (χ4n) is 1.42. The van der Waals surface area contributed by atoms with Crippen LogP contribution in [-0.4, -0.2) is 22.9 Å². The molecule has 0 saturated heterocycles. The van der Waals surface area contributed by atoms with Gasteiger partial charge in [0.15, 0.2) is 0 Å². The Labute approximate surface area is 74.4 Å². The second-order valence-corrected chi connectivity index (χ2v) is 3.08. The molecule has 1 amide bonds. The van der Waals surface area contributed by atoms with E-state index >= 15 is 0 Å². The number of fused-ring (bicyclic) bond motifs is 1. The highest BCUT2D eigenvalue weighted by Gasteiger charge is 2.28. The van der Waals surface area contributed by atoms with Crippen LogP contribution in [0.3, 0.4) is 0 Å². The molecule has 2 heterocycles. The number of aryl methyl sites for hydroxylation is 1. The number of H-pyrrole nitrogens is 1. The van der Waals surface area contributed by atoms with Gasteiger partial charge in [-0.2, -0.15) is 0 Å². The smallest absolute Gasteiger partial charge is 0.256 e. The summed E-state index contributed by atoms with van der Waals surface area (Å²) >= 11 is 0. The van der Waals surface area contributed by atoms with E-state index in [2.05, 4.69) is 9.97 Å². The highest BCUT2D eigenvalue weighted by Crippen LogP contribution is 2.20. The van der Waals surface area contributed by atoms with Gasteiger partial charge in [0.1, 0.15) is 11.6 Å². The van der Waals surface area contributed by atoms with Crippen LogP contribution in [0, 0.1) is 6.92 Å². The molecule has 0 unspecified atom stereocenters. The number of anilines is 1. The van der Waals surface area contributed by atoms with Crippen LogP contribution in [0.4, 0.5) is 5.82 Å². The molecule has 0 bridgehead atoms. The summed E-state index contributed by atoms with van der Waals surface area (Å²) < 4.78 is 0. The first-order chi connectivity index (χ1) is 6.09. The van der Waals surface area contributed by atoms with Gasteiger partial charge in [-0.15, -0.1) is 0 Å². The summed E-state index contributed by atoms with van der Waals surface area (Å²) in [6, 6.07) is 0. The SMILES string of the molecule is Cc1nc2c(c(=O)[nH]1)CC(=O)N2C. The van der Waals surface area contributed by atoms with Gasteiger partial charge in [0.25, 0.3) is 5.56 Å². The number of amides is 1. The van der Waals surface area contributed by atoms with Crippen molar-refractivity contribution in [1.82, 2.24) is 9.97 Å². The predicted octanol–water partition coefficient (Wildman–Crippen LogP) is -0.403. The zero-order chi connectivity index (χ0) is 9.59. The van der Waals surface area contributed by atoms with Crippen LogP contribution < -0.4 is 10.5 Å². The van der Waals surface area contributed by atoms with Gasteiger partial charge in [-0.05, 0) is 6.92 Å². The molecule has 1 aromatic rings. The Morgan fingerprint density at radius 3 is 2.85 bits per heavy atom. The van der Waals surface area contributed by atoms with Crippen LogP contribution in [0.1, 0.15) is 11.4 Å². The van der Waals surface area contributed by atoms with Gasteiger partial charge in [0.2, 0.25) is 5.91 Å². The lowest BCUT2D eigenvalue weighted by Gasteiger charge is -2.07. The fourth-order valence-corrected chi connectivity index (χ4v) is 1.42. The lowest BCUT2D eigenvalue weighted by atomic mass is 10.2. The molecule has 1 N–H and O–H groups in total. The first-order valence-electron chi connectivity index (χ1n) is 3.96. The van der Waals surface area contributed by atoms with Crippen LogP contribution in [0.15, 0.2) is 4.79 Å². The molecule has 0 radical (unpaired) electrons. The lowest BCUT2D eigenvalue weighted by Crippen LogP contribution is -2.21. The number of aromatic amines is 1. The Kier molecular flexibility index (Phi) is 1.48. The normalized spacial score (nSPS) is 14.9. The molecular formula is C8H9N3O2. The average Bonchev–Trinajstić information content (AvgIpc) is 2.32. The van der Waals surface area contributed by atoms with Crippen LogP contribution in [0.25, 0.3) is 0 Å². The minimum absolute atomic E-state index is 0.0846. The first kappa shape index (κ1) is 7.97. The summed E-state index contributed by atoms with van der Waals surface area (Å²) in [5, 5.41) is 0. The Balaban J connectivity index is 2.71. The van der Waals surface area contributed by atoms with Gasteiger partial charge >= 0.3 is 0 Å². The van der Waals surface area contributed by atoms with Crippen molar-refractivity contribution in [1.29, 1.82) is 0 Å². The van der Waals surface area contributed by atoms with E-state index in [-0.39, 0.29) is 17.9 Å². The van der Waals surface area contributed by atoms with E-state index in [4.69, 9.17) is 0 Å². The fraction of sp³-hybridized carbons (Fsp3) is 0.375. The van der Waals surface area contributed by atoms with Gasteiger partial charge in [0.05, 0.1) is 12.0 Å². The van der Waals surface area contributed by atoms with Crippen molar-refractivity contribution in [2.75, 3.05) is 11.9 Å². The van der Waals surface area contributed by atoms with Crippen molar-refractivity contribution < 1.29 is 4.79 Å². The van der Waals surface area contributed by atoms with Crippen LogP contribution in [0.5, 0.6) is 0 Å². The van der Waals surface area contributed by atoms with Gasteiger partial charge in [-0.25, -0.2) is 4.98 Å². The number of aromatic nitrogens is 2. The molecule has 1 aromatic heterocycles. The summed E-state index contributed by atoms with van der Waals surface area (Å²) in [4.78, 5) is 30.7. The Bertz CT molecular complexity index is 436. The van der Waals surface area contributed by atoms with Gasteiger partial charge in [0, 0.05) is 7.05 Å². The molecule has 1 aliphatic rings. The monoisotopic (exact) mass is 179 g/mol. The lowest BCUT2D eigenvalue weighted by molar-refractivity contribution is -0.117. The summed E-state index contributed by atoms with van der Waals surface area (Å²) in [6.07, 6.45) is 0.161. The standard InChI is InChI=1S/C8H9N3O2/c1-4-9-7-5(8(13)10-4)3-6(12)11(7)2/h3H2,1-2H3,(H,9,10,13). The molecule has 0 spiro atoms. The zero-order valence-electron chi connectivity index (χ0n) is 7.42. The third kappa shape index (κ3) is 1.04. The summed E-state index contributed by atoms with van der Waals surface area (Å²) in [5.41, 5.74) is 0.262. The molecule has 13 heavy (non-hydrogen) atoms. The molecule has 5 heteroatoms.